The summed E-state index contributed by atoms with van der Waals surface area (Å²) in [6.07, 6.45) is 2.72. The lowest BCUT2D eigenvalue weighted by atomic mass is 10.1. The third-order valence-electron chi connectivity index (χ3n) is 3.18. The minimum absolute atomic E-state index is 0.496. The second-order valence-corrected chi connectivity index (χ2v) is 5.82. The molecule has 0 saturated heterocycles. The Hall–Kier alpha value is -1.01. The molecule has 1 aliphatic rings. The highest BCUT2D eigenvalue weighted by Gasteiger charge is 2.25. The van der Waals surface area contributed by atoms with Gasteiger partial charge >= 0.3 is 0 Å². The number of anilines is 1. The number of hydrogen-bond donors (Lipinski definition) is 0. The van der Waals surface area contributed by atoms with Gasteiger partial charge in [0.15, 0.2) is 0 Å². The Morgan fingerprint density at radius 1 is 1.47 bits per heavy atom. The maximum Gasteiger partial charge on any atom is 0.100 e. The SMILES string of the molecule is CC(C)N(CC1CC1)c1ccc(C#N)c(Br)c1. The maximum absolute atomic E-state index is 8.92. The third kappa shape index (κ3) is 3.01. The summed E-state index contributed by atoms with van der Waals surface area (Å²) in [5, 5.41) is 8.92. The van der Waals surface area contributed by atoms with Crippen LogP contribution in [0.2, 0.25) is 0 Å². The lowest BCUT2D eigenvalue weighted by Crippen LogP contribution is -2.32. The van der Waals surface area contributed by atoms with Gasteiger partial charge in [-0.15, -0.1) is 0 Å². The summed E-state index contributed by atoms with van der Waals surface area (Å²) in [5.41, 5.74) is 1.90. The molecule has 90 valence electrons. The zero-order valence-electron chi connectivity index (χ0n) is 10.3. The predicted molar refractivity (Wildman–Crippen MR) is 74.1 cm³/mol. The third-order valence-corrected chi connectivity index (χ3v) is 3.84. The zero-order valence-corrected chi connectivity index (χ0v) is 11.9. The Balaban J connectivity index is 2.23. The van der Waals surface area contributed by atoms with E-state index in [9.17, 15) is 0 Å². The van der Waals surface area contributed by atoms with E-state index in [4.69, 9.17) is 5.26 Å². The molecule has 1 saturated carbocycles. The molecule has 0 aliphatic heterocycles. The molecule has 2 rings (SSSR count). The van der Waals surface area contributed by atoms with E-state index in [2.05, 4.69) is 46.8 Å². The molecule has 0 amide bonds. The summed E-state index contributed by atoms with van der Waals surface area (Å²) in [5.74, 6) is 0.867. The standard InChI is InChI=1S/C14H17BrN2/c1-10(2)17(9-11-3-4-11)13-6-5-12(8-16)14(15)7-13/h5-7,10-11H,3-4,9H2,1-2H3. The minimum Gasteiger partial charge on any atom is -0.369 e. The van der Waals surface area contributed by atoms with Crippen LogP contribution in [0.4, 0.5) is 5.69 Å². The molecule has 1 aliphatic carbocycles. The normalized spacial score (nSPS) is 14.8. The van der Waals surface area contributed by atoms with E-state index >= 15 is 0 Å². The van der Waals surface area contributed by atoms with Crippen LogP contribution in [0, 0.1) is 17.2 Å². The van der Waals surface area contributed by atoms with Crippen molar-refractivity contribution in [1.29, 1.82) is 5.26 Å². The van der Waals surface area contributed by atoms with E-state index in [1.807, 2.05) is 12.1 Å². The molecule has 0 N–H and O–H groups in total. The molecule has 1 fully saturated rings. The van der Waals surface area contributed by atoms with Crippen molar-refractivity contribution >= 4 is 21.6 Å². The van der Waals surface area contributed by atoms with Gasteiger partial charge in [-0.3, -0.25) is 0 Å². The Labute approximate surface area is 111 Å². The average Bonchev–Trinajstić information content (AvgIpc) is 3.09. The molecule has 1 aromatic rings. The fourth-order valence-electron chi connectivity index (χ4n) is 1.97. The van der Waals surface area contributed by atoms with E-state index < -0.39 is 0 Å². The molecule has 2 nitrogen and oxygen atoms in total. The summed E-state index contributed by atoms with van der Waals surface area (Å²) in [7, 11) is 0. The van der Waals surface area contributed by atoms with Crippen LogP contribution in [0.3, 0.4) is 0 Å². The van der Waals surface area contributed by atoms with Gasteiger partial charge in [0.25, 0.3) is 0 Å². The van der Waals surface area contributed by atoms with Crippen LogP contribution in [0.1, 0.15) is 32.3 Å². The number of nitrogens with zero attached hydrogens (tertiary/aromatic N) is 2. The van der Waals surface area contributed by atoms with Crippen molar-refractivity contribution in [2.75, 3.05) is 11.4 Å². The first-order valence-corrected chi connectivity index (χ1v) is 6.87. The summed E-state index contributed by atoms with van der Waals surface area (Å²) in [4.78, 5) is 2.42. The number of halogens is 1. The van der Waals surface area contributed by atoms with Crippen molar-refractivity contribution in [2.24, 2.45) is 5.92 Å². The fourth-order valence-corrected chi connectivity index (χ4v) is 2.42. The minimum atomic E-state index is 0.496. The fraction of sp³-hybridized carbons (Fsp3) is 0.500. The van der Waals surface area contributed by atoms with Gasteiger partial charge < -0.3 is 4.90 Å². The number of hydrogen-bond acceptors (Lipinski definition) is 2. The van der Waals surface area contributed by atoms with Crippen LogP contribution in [-0.4, -0.2) is 12.6 Å². The summed E-state index contributed by atoms with van der Waals surface area (Å²) < 4.78 is 0.888. The second kappa shape index (κ2) is 5.10. The lowest BCUT2D eigenvalue weighted by molar-refractivity contribution is 0.644. The van der Waals surface area contributed by atoms with E-state index in [0.717, 1.165) is 16.9 Å². The lowest BCUT2D eigenvalue weighted by Gasteiger charge is -2.29. The predicted octanol–water partition coefficient (Wildman–Crippen LogP) is 3.95. The molecule has 0 unspecified atom stereocenters. The molecule has 0 aromatic heterocycles. The maximum atomic E-state index is 8.92. The summed E-state index contributed by atoms with van der Waals surface area (Å²) in [6, 6.07) is 8.67. The first kappa shape index (κ1) is 12.4. The van der Waals surface area contributed by atoms with Gasteiger partial charge in [0.05, 0.1) is 5.56 Å². The highest BCUT2D eigenvalue weighted by Crippen LogP contribution is 2.33. The van der Waals surface area contributed by atoms with Crippen molar-refractivity contribution in [1.82, 2.24) is 0 Å². The van der Waals surface area contributed by atoms with Gasteiger partial charge in [-0.1, -0.05) is 0 Å². The molecule has 0 radical (unpaired) electrons. The molecule has 0 heterocycles. The van der Waals surface area contributed by atoms with Gasteiger partial charge in [-0.25, -0.2) is 0 Å². The number of rotatable bonds is 4. The molecular weight excluding hydrogens is 276 g/mol. The Bertz CT molecular complexity index is 444. The highest BCUT2D eigenvalue weighted by molar-refractivity contribution is 9.10. The smallest absolute Gasteiger partial charge is 0.100 e. The van der Waals surface area contributed by atoms with E-state index in [0.29, 0.717) is 11.6 Å². The van der Waals surface area contributed by atoms with E-state index in [-0.39, 0.29) is 0 Å². The Morgan fingerprint density at radius 3 is 2.65 bits per heavy atom. The molecular formula is C14H17BrN2. The van der Waals surface area contributed by atoms with E-state index in [1.165, 1.54) is 18.5 Å². The van der Waals surface area contributed by atoms with Crippen LogP contribution < -0.4 is 4.90 Å². The van der Waals surface area contributed by atoms with Gasteiger partial charge in [-0.2, -0.15) is 5.26 Å². The molecule has 0 atom stereocenters. The zero-order chi connectivity index (χ0) is 12.4. The Kier molecular flexibility index (Phi) is 3.73. The van der Waals surface area contributed by atoms with Crippen LogP contribution in [-0.2, 0) is 0 Å². The Morgan fingerprint density at radius 2 is 2.18 bits per heavy atom. The topological polar surface area (TPSA) is 27.0 Å². The first-order valence-electron chi connectivity index (χ1n) is 6.08. The molecule has 3 heteroatoms. The van der Waals surface area contributed by atoms with Crippen molar-refractivity contribution in [3.05, 3.63) is 28.2 Å². The molecule has 0 spiro atoms. The van der Waals surface area contributed by atoms with Crippen molar-refractivity contribution in [2.45, 2.75) is 32.7 Å². The second-order valence-electron chi connectivity index (χ2n) is 4.97. The quantitative estimate of drug-likeness (QED) is 0.840. The summed E-state index contributed by atoms with van der Waals surface area (Å²) >= 11 is 3.46. The number of nitriles is 1. The monoisotopic (exact) mass is 292 g/mol. The van der Waals surface area contributed by atoms with Gasteiger partial charge in [-0.05, 0) is 66.7 Å². The van der Waals surface area contributed by atoms with Crippen LogP contribution >= 0.6 is 15.9 Å². The molecule has 0 bridgehead atoms. The highest BCUT2D eigenvalue weighted by atomic mass is 79.9. The average molecular weight is 293 g/mol. The first-order chi connectivity index (χ1) is 8.11. The van der Waals surface area contributed by atoms with Gasteiger partial charge in [0.1, 0.15) is 6.07 Å². The molecule has 17 heavy (non-hydrogen) atoms. The van der Waals surface area contributed by atoms with Crippen molar-refractivity contribution in [3.8, 4) is 6.07 Å². The number of benzene rings is 1. The van der Waals surface area contributed by atoms with Crippen molar-refractivity contribution < 1.29 is 0 Å². The van der Waals surface area contributed by atoms with Gasteiger partial charge in [0.2, 0.25) is 0 Å². The largest absolute Gasteiger partial charge is 0.369 e. The van der Waals surface area contributed by atoms with Crippen LogP contribution in [0.25, 0.3) is 0 Å². The van der Waals surface area contributed by atoms with Crippen molar-refractivity contribution in [3.63, 3.8) is 0 Å². The van der Waals surface area contributed by atoms with Crippen LogP contribution in [0.5, 0.6) is 0 Å². The van der Waals surface area contributed by atoms with Gasteiger partial charge in [0, 0.05) is 22.7 Å². The molecule has 1 aromatic carbocycles. The van der Waals surface area contributed by atoms with Crippen LogP contribution in [0.15, 0.2) is 22.7 Å². The summed E-state index contributed by atoms with van der Waals surface area (Å²) in [6.45, 7) is 5.57. The van der Waals surface area contributed by atoms with E-state index in [1.54, 1.807) is 0 Å².